The Morgan fingerprint density at radius 2 is 1.73 bits per heavy atom. The van der Waals surface area contributed by atoms with Crippen LogP contribution in [0.15, 0.2) is 47.2 Å². The number of anilines is 1. The number of primary amides is 1. The summed E-state index contributed by atoms with van der Waals surface area (Å²) in [5.74, 6) is -8.73. The van der Waals surface area contributed by atoms with E-state index >= 15 is 0 Å². The van der Waals surface area contributed by atoms with Crippen molar-refractivity contribution in [1.29, 1.82) is 0 Å². The third-order valence-corrected chi connectivity index (χ3v) is 8.55. The van der Waals surface area contributed by atoms with Gasteiger partial charge in [-0.3, -0.25) is 19.3 Å². The number of Topliss-reactive ketones (excluding diaryl/α,β-unsaturated/α-hetero) is 2. The topological polar surface area (TPSA) is 177 Å². The summed E-state index contributed by atoms with van der Waals surface area (Å²) >= 11 is 0. The van der Waals surface area contributed by atoms with Crippen molar-refractivity contribution in [3.05, 3.63) is 58.4 Å². The van der Waals surface area contributed by atoms with Crippen molar-refractivity contribution in [2.75, 3.05) is 33.1 Å². The zero-order chi connectivity index (χ0) is 32.6. The smallest absolute Gasteiger partial charge is 0.573 e. The maximum atomic E-state index is 14.0. The number of ketones is 2. The van der Waals surface area contributed by atoms with Gasteiger partial charge in [-0.25, -0.2) is 0 Å². The number of hydrogen-bond donors (Lipinski definition) is 4. The molecule has 234 valence electrons. The molecule has 2 aromatic rings. The summed E-state index contributed by atoms with van der Waals surface area (Å²) in [6, 6.07) is 4.99. The summed E-state index contributed by atoms with van der Waals surface area (Å²) in [6.45, 7) is 0. The van der Waals surface area contributed by atoms with Crippen LogP contribution in [0.1, 0.15) is 17.5 Å². The van der Waals surface area contributed by atoms with Gasteiger partial charge in [0.15, 0.2) is 11.6 Å². The van der Waals surface area contributed by atoms with Crippen molar-refractivity contribution < 1.29 is 52.7 Å². The fourth-order valence-electron chi connectivity index (χ4n) is 6.73. The highest BCUT2D eigenvalue weighted by Gasteiger charge is 2.61. The summed E-state index contributed by atoms with van der Waals surface area (Å²) in [7, 11) is 6.37. The minimum atomic E-state index is -4.91. The van der Waals surface area contributed by atoms with Gasteiger partial charge in [-0.2, -0.15) is 0 Å². The highest BCUT2D eigenvalue weighted by Crippen LogP contribution is 2.54. The monoisotopic (exact) mass is 616 g/mol. The molecular weight excluding hydrogens is 587 g/mol. The largest absolute Gasteiger partial charge is 0.873 e. The maximum Gasteiger partial charge on any atom is 0.573 e. The van der Waals surface area contributed by atoms with E-state index in [-0.39, 0.29) is 35.1 Å². The van der Waals surface area contributed by atoms with E-state index in [0.717, 1.165) is 12.1 Å². The lowest BCUT2D eigenvalue weighted by Crippen LogP contribution is -2.67. The van der Waals surface area contributed by atoms with Gasteiger partial charge in [-0.15, -0.1) is 13.2 Å². The van der Waals surface area contributed by atoms with E-state index in [2.05, 4.69) is 4.74 Å². The summed E-state index contributed by atoms with van der Waals surface area (Å²) in [6.07, 6.45) is -4.96. The van der Waals surface area contributed by atoms with Gasteiger partial charge in [0.25, 0.3) is 5.91 Å². The highest BCUT2D eigenvalue weighted by molar-refractivity contribution is 6.24. The standard InChI is InChI=1S/C30H30F3N3O8/c1-35(2)18-11-15(12-5-7-14(8-6-12)44-30(31,32)33)23(37)20-16(18)9-13-10-17-22(36(3)4)25(39)21(28(34)42)27(41)29(17,43)26(40)19(13)24(20)38/h5-8,11,13,17,22,37-38,41,43H,9-10H2,1-4H3,(H2,34,42)/p-1/t13-,17-,22-,29-/m0/s1. The zero-order valence-electron chi connectivity index (χ0n) is 24.0. The van der Waals surface area contributed by atoms with Crippen LogP contribution in [0, 0.1) is 11.8 Å². The van der Waals surface area contributed by atoms with Crippen LogP contribution in [0.5, 0.6) is 11.5 Å². The number of nitrogens with two attached hydrogens (primary N) is 1. The van der Waals surface area contributed by atoms with E-state index in [4.69, 9.17) is 5.73 Å². The summed E-state index contributed by atoms with van der Waals surface area (Å²) in [5, 5.41) is 48.2. The molecule has 0 radical (unpaired) electrons. The Morgan fingerprint density at radius 1 is 1.11 bits per heavy atom. The van der Waals surface area contributed by atoms with E-state index in [9.17, 15) is 48.0 Å². The lowest BCUT2D eigenvalue weighted by Gasteiger charge is -2.53. The number of likely N-dealkylation sites (N-methyl/N-ethyl adjacent to an activating group) is 1. The second kappa shape index (κ2) is 10.3. The zero-order valence-corrected chi connectivity index (χ0v) is 24.0. The Bertz CT molecular complexity index is 1660. The van der Waals surface area contributed by atoms with Crippen molar-refractivity contribution in [3.8, 4) is 22.6 Å². The number of phenolic OH excluding ortho intramolecular Hbond substituents is 1. The molecule has 4 atom stereocenters. The van der Waals surface area contributed by atoms with E-state index in [1.165, 1.54) is 31.1 Å². The van der Waals surface area contributed by atoms with Crippen molar-refractivity contribution in [3.63, 3.8) is 0 Å². The number of aromatic hydroxyl groups is 1. The Morgan fingerprint density at radius 3 is 2.25 bits per heavy atom. The molecule has 1 fully saturated rings. The lowest BCUT2D eigenvalue weighted by molar-refractivity contribution is -0.338. The van der Waals surface area contributed by atoms with Crippen LogP contribution >= 0.6 is 0 Å². The van der Waals surface area contributed by atoms with Gasteiger partial charge in [-0.1, -0.05) is 17.9 Å². The number of ether oxygens (including phenoxy) is 1. The predicted octanol–water partition coefficient (Wildman–Crippen LogP) is 1.40. The molecule has 0 aliphatic heterocycles. The Balaban J connectivity index is 1.71. The Labute approximate surface area is 249 Å². The molecule has 1 saturated carbocycles. The van der Waals surface area contributed by atoms with Crippen LogP contribution < -0.4 is 20.5 Å². The van der Waals surface area contributed by atoms with E-state index < -0.39 is 75.9 Å². The molecular formula is C30H29F3N3O8-. The predicted molar refractivity (Wildman–Crippen MR) is 148 cm³/mol. The van der Waals surface area contributed by atoms with Crippen molar-refractivity contribution in [2.24, 2.45) is 17.6 Å². The van der Waals surface area contributed by atoms with Gasteiger partial charge >= 0.3 is 6.36 Å². The third-order valence-electron chi connectivity index (χ3n) is 8.55. The molecule has 0 unspecified atom stereocenters. The van der Waals surface area contributed by atoms with Crippen LogP contribution in [-0.2, 0) is 20.8 Å². The molecule has 0 saturated heterocycles. The van der Waals surface area contributed by atoms with Crippen molar-refractivity contribution in [2.45, 2.75) is 30.8 Å². The molecule has 0 spiro atoms. The van der Waals surface area contributed by atoms with Crippen LogP contribution in [0.2, 0.25) is 0 Å². The van der Waals surface area contributed by atoms with Gasteiger partial charge in [0.2, 0.25) is 0 Å². The van der Waals surface area contributed by atoms with E-state index in [1.807, 2.05) is 0 Å². The average molecular weight is 617 g/mol. The first-order chi connectivity index (χ1) is 20.4. The second-order valence-corrected chi connectivity index (χ2v) is 11.6. The highest BCUT2D eigenvalue weighted by atomic mass is 19.4. The number of amides is 1. The molecule has 1 amide bonds. The van der Waals surface area contributed by atoms with E-state index in [1.54, 1.807) is 25.1 Å². The van der Waals surface area contributed by atoms with Gasteiger partial charge in [0, 0.05) is 36.8 Å². The number of phenols is 1. The van der Waals surface area contributed by atoms with Gasteiger partial charge < -0.3 is 35.8 Å². The number of hydrogen-bond acceptors (Lipinski definition) is 10. The van der Waals surface area contributed by atoms with Gasteiger partial charge in [-0.05, 0) is 62.2 Å². The Hall–Kier alpha value is -4.56. The first kappa shape index (κ1) is 30.9. The lowest BCUT2D eigenvalue weighted by atomic mass is 9.57. The molecule has 11 nitrogen and oxygen atoms in total. The van der Waals surface area contributed by atoms with Crippen molar-refractivity contribution in [1.82, 2.24) is 4.90 Å². The minimum Gasteiger partial charge on any atom is -0.873 e. The molecule has 14 heteroatoms. The number of benzene rings is 2. The molecule has 0 aromatic heterocycles. The summed E-state index contributed by atoms with van der Waals surface area (Å²) in [4.78, 5) is 42.5. The molecule has 5 rings (SSSR count). The normalized spacial score (nSPS) is 25.1. The average Bonchev–Trinajstić information content (AvgIpc) is 2.90. The Kier molecular flexibility index (Phi) is 7.21. The minimum absolute atomic E-state index is 0.0572. The quantitative estimate of drug-likeness (QED) is 0.359. The number of nitrogens with zero attached hydrogens (tertiary/aromatic N) is 2. The first-order valence-corrected chi connectivity index (χ1v) is 13.4. The number of carbonyl (C=O) groups excluding carboxylic acids is 3. The molecule has 3 aliphatic carbocycles. The van der Waals surface area contributed by atoms with Gasteiger partial charge in [0.05, 0.1) is 17.2 Å². The number of aliphatic hydroxyl groups excluding tert-OH is 1. The fraction of sp³-hybridized carbons (Fsp3) is 0.367. The first-order valence-electron chi connectivity index (χ1n) is 13.4. The number of fused-ring (bicyclic) bond motifs is 3. The second-order valence-electron chi connectivity index (χ2n) is 11.6. The molecule has 0 bridgehead atoms. The van der Waals surface area contributed by atoms with Crippen LogP contribution in [0.4, 0.5) is 18.9 Å². The van der Waals surface area contributed by atoms with Crippen molar-refractivity contribution >= 4 is 28.9 Å². The molecule has 0 heterocycles. The maximum absolute atomic E-state index is 14.0. The number of alkyl halides is 3. The number of rotatable bonds is 5. The van der Waals surface area contributed by atoms with Gasteiger partial charge in [0.1, 0.15) is 22.9 Å². The summed E-state index contributed by atoms with van der Waals surface area (Å²) in [5.41, 5.74) is 2.18. The molecule has 2 aromatic carbocycles. The van der Waals surface area contributed by atoms with E-state index in [0.29, 0.717) is 11.3 Å². The number of aliphatic hydroxyl groups is 2. The summed E-state index contributed by atoms with van der Waals surface area (Å²) < 4.78 is 41.9. The van der Waals surface area contributed by atoms with Crippen LogP contribution in [0.3, 0.4) is 0 Å². The van der Waals surface area contributed by atoms with Crippen LogP contribution in [-0.4, -0.2) is 83.9 Å². The molecule has 3 aliphatic rings. The third kappa shape index (κ3) is 4.56. The molecule has 44 heavy (non-hydrogen) atoms. The number of halogens is 3. The SMILES string of the molecule is CN(C)c1cc(-c2ccc(OC(F)(F)F)cc2)c(O)c2c1C[C@H]1C[C@H]3[C@H](N(C)C)C(=O)C(C(N)=O)=C([O-])[C@@]3(O)C(=O)C1=C2O. The number of carbonyl (C=O) groups is 3. The molecule has 5 N–H and O–H groups in total. The van der Waals surface area contributed by atoms with Crippen LogP contribution in [0.25, 0.3) is 16.9 Å². The fourth-order valence-corrected chi connectivity index (χ4v) is 6.73.